The summed E-state index contributed by atoms with van der Waals surface area (Å²) >= 11 is 5.89. The van der Waals surface area contributed by atoms with E-state index in [4.69, 9.17) is 21.1 Å². The van der Waals surface area contributed by atoms with Gasteiger partial charge in [-0.25, -0.2) is 19.4 Å². The Morgan fingerprint density at radius 3 is 2.95 bits per heavy atom. The number of ether oxygens (including phenoxy) is 2. The SMILES string of the molecule is CCOC(=O)c1cnn(-c2ncnc(Cl)c2OC)c1. The van der Waals surface area contributed by atoms with Crippen LogP contribution in [-0.4, -0.2) is 39.4 Å². The average Bonchev–Trinajstić information content (AvgIpc) is 2.88. The van der Waals surface area contributed by atoms with Crippen LogP contribution in [0.25, 0.3) is 5.82 Å². The maximum atomic E-state index is 11.5. The number of methoxy groups -OCH3 is 1. The molecule has 0 spiro atoms. The van der Waals surface area contributed by atoms with Crippen LogP contribution in [0.4, 0.5) is 0 Å². The molecule has 0 fully saturated rings. The summed E-state index contributed by atoms with van der Waals surface area (Å²) < 4.78 is 11.4. The molecule has 7 nitrogen and oxygen atoms in total. The summed E-state index contributed by atoms with van der Waals surface area (Å²) in [5.74, 6) is 0.175. The molecule has 8 heteroatoms. The van der Waals surface area contributed by atoms with Crippen molar-refractivity contribution in [3.8, 4) is 11.6 Å². The second kappa shape index (κ2) is 5.66. The molecule has 2 heterocycles. The predicted molar refractivity (Wildman–Crippen MR) is 66.7 cm³/mol. The summed E-state index contributed by atoms with van der Waals surface area (Å²) in [4.78, 5) is 19.4. The van der Waals surface area contributed by atoms with Gasteiger partial charge in [-0.05, 0) is 6.92 Å². The molecule has 0 aromatic carbocycles. The van der Waals surface area contributed by atoms with E-state index < -0.39 is 5.97 Å². The number of rotatable bonds is 4. The molecule has 0 unspecified atom stereocenters. The van der Waals surface area contributed by atoms with Gasteiger partial charge in [-0.2, -0.15) is 5.10 Å². The molecule has 0 radical (unpaired) electrons. The van der Waals surface area contributed by atoms with Gasteiger partial charge in [-0.15, -0.1) is 0 Å². The topological polar surface area (TPSA) is 79.1 Å². The lowest BCUT2D eigenvalue weighted by Crippen LogP contribution is -2.04. The first-order valence-electron chi connectivity index (χ1n) is 5.44. The predicted octanol–water partition coefficient (Wildman–Crippen LogP) is 1.50. The van der Waals surface area contributed by atoms with Crippen LogP contribution in [0.5, 0.6) is 5.75 Å². The van der Waals surface area contributed by atoms with E-state index in [-0.39, 0.29) is 10.9 Å². The Hall–Kier alpha value is -2.15. The quantitative estimate of drug-likeness (QED) is 0.624. The maximum Gasteiger partial charge on any atom is 0.341 e. The highest BCUT2D eigenvalue weighted by atomic mass is 35.5. The third kappa shape index (κ3) is 2.65. The second-order valence-electron chi connectivity index (χ2n) is 3.42. The number of nitrogens with zero attached hydrogens (tertiary/aromatic N) is 4. The third-order valence-corrected chi connectivity index (χ3v) is 2.53. The van der Waals surface area contributed by atoms with Gasteiger partial charge in [0.2, 0.25) is 11.6 Å². The van der Waals surface area contributed by atoms with E-state index in [2.05, 4.69) is 15.1 Å². The second-order valence-corrected chi connectivity index (χ2v) is 3.77. The molecule has 0 saturated heterocycles. The van der Waals surface area contributed by atoms with Gasteiger partial charge >= 0.3 is 5.97 Å². The molecular formula is C11H11ClN4O3. The fourth-order valence-electron chi connectivity index (χ4n) is 1.44. The molecule has 0 aliphatic heterocycles. The van der Waals surface area contributed by atoms with Crippen molar-refractivity contribution in [1.29, 1.82) is 0 Å². The minimum absolute atomic E-state index is 0.167. The van der Waals surface area contributed by atoms with Crippen LogP contribution in [0.2, 0.25) is 5.15 Å². The zero-order valence-corrected chi connectivity index (χ0v) is 11.1. The van der Waals surface area contributed by atoms with E-state index in [1.165, 1.54) is 30.5 Å². The monoisotopic (exact) mass is 282 g/mol. The van der Waals surface area contributed by atoms with Crippen LogP contribution >= 0.6 is 11.6 Å². The van der Waals surface area contributed by atoms with Gasteiger partial charge in [0.25, 0.3) is 0 Å². The molecule has 2 rings (SSSR count). The van der Waals surface area contributed by atoms with Crippen molar-refractivity contribution >= 4 is 17.6 Å². The van der Waals surface area contributed by atoms with E-state index in [1.807, 2.05) is 0 Å². The highest BCUT2D eigenvalue weighted by molar-refractivity contribution is 6.31. The molecule has 0 saturated carbocycles. The summed E-state index contributed by atoms with van der Waals surface area (Å²) in [5.41, 5.74) is 0.318. The van der Waals surface area contributed by atoms with Gasteiger partial charge in [0, 0.05) is 6.20 Å². The molecule has 0 atom stereocenters. The minimum atomic E-state index is -0.451. The Kier molecular flexibility index (Phi) is 3.96. The van der Waals surface area contributed by atoms with Crippen molar-refractivity contribution in [2.75, 3.05) is 13.7 Å². The first kappa shape index (κ1) is 13.3. The molecular weight excluding hydrogens is 272 g/mol. The molecule has 2 aromatic rings. The molecule has 0 amide bonds. The third-order valence-electron chi connectivity index (χ3n) is 2.26. The fraction of sp³-hybridized carbons (Fsp3) is 0.273. The molecule has 0 aliphatic rings. The molecule has 0 N–H and O–H groups in total. The van der Waals surface area contributed by atoms with Crippen molar-refractivity contribution in [1.82, 2.24) is 19.7 Å². The molecule has 0 aliphatic carbocycles. The Morgan fingerprint density at radius 1 is 1.47 bits per heavy atom. The maximum absolute atomic E-state index is 11.5. The first-order chi connectivity index (χ1) is 9.17. The number of aromatic nitrogens is 4. The van der Waals surface area contributed by atoms with Crippen molar-refractivity contribution in [3.05, 3.63) is 29.4 Å². The van der Waals surface area contributed by atoms with Crippen molar-refractivity contribution in [3.63, 3.8) is 0 Å². The van der Waals surface area contributed by atoms with Gasteiger partial charge < -0.3 is 9.47 Å². The number of hydrogen-bond acceptors (Lipinski definition) is 6. The minimum Gasteiger partial charge on any atom is -0.490 e. The van der Waals surface area contributed by atoms with Crippen LogP contribution in [0.15, 0.2) is 18.7 Å². The zero-order valence-electron chi connectivity index (χ0n) is 10.3. The molecule has 0 bridgehead atoms. The number of esters is 1. The zero-order chi connectivity index (χ0) is 13.8. The lowest BCUT2D eigenvalue weighted by molar-refractivity contribution is 0.0526. The van der Waals surface area contributed by atoms with Crippen LogP contribution in [0, 0.1) is 0 Å². The largest absolute Gasteiger partial charge is 0.490 e. The Labute approximate surface area is 114 Å². The molecule has 19 heavy (non-hydrogen) atoms. The lowest BCUT2D eigenvalue weighted by Gasteiger charge is -2.07. The number of hydrogen-bond donors (Lipinski definition) is 0. The van der Waals surface area contributed by atoms with Gasteiger partial charge in [-0.3, -0.25) is 0 Å². The molecule has 2 aromatic heterocycles. The van der Waals surface area contributed by atoms with Gasteiger partial charge in [0.1, 0.15) is 6.33 Å². The van der Waals surface area contributed by atoms with E-state index in [1.54, 1.807) is 6.92 Å². The normalized spacial score (nSPS) is 10.3. The van der Waals surface area contributed by atoms with Gasteiger partial charge in [0.15, 0.2) is 5.15 Å². The van der Waals surface area contributed by atoms with E-state index in [0.29, 0.717) is 18.0 Å². The smallest absolute Gasteiger partial charge is 0.341 e. The lowest BCUT2D eigenvalue weighted by atomic mass is 10.4. The summed E-state index contributed by atoms with van der Waals surface area (Å²) in [6, 6.07) is 0. The highest BCUT2D eigenvalue weighted by Crippen LogP contribution is 2.26. The van der Waals surface area contributed by atoms with Crippen LogP contribution < -0.4 is 4.74 Å². The van der Waals surface area contributed by atoms with Crippen LogP contribution in [-0.2, 0) is 4.74 Å². The number of carbonyl (C=O) groups excluding carboxylic acids is 1. The summed E-state index contributed by atoms with van der Waals surface area (Å²) in [5, 5.41) is 4.19. The Morgan fingerprint density at radius 2 is 2.26 bits per heavy atom. The first-order valence-corrected chi connectivity index (χ1v) is 5.81. The van der Waals surface area contributed by atoms with Gasteiger partial charge in [-0.1, -0.05) is 11.6 Å². The van der Waals surface area contributed by atoms with Gasteiger partial charge in [0.05, 0.1) is 25.5 Å². The average molecular weight is 283 g/mol. The van der Waals surface area contributed by atoms with Crippen LogP contribution in [0.1, 0.15) is 17.3 Å². The van der Waals surface area contributed by atoms with Crippen molar-refractivity contribution < 1.29 is 14.3 Å². The summed E-state index contributed by atoms with van der Waals surface area (Å²) in [6.45, 7) is 2.03. The molecule has 100 valence electrons. The highest BCUT2D eigenvalue weighted by Gasteiger charge is 2.16. The van der Waals surface area contributed by atoms with E-state index in [9.17, 15) is 4.79 Å². The summed E-state index contributed by atoms with van der Waals surface area (Å²) in [7, 11) is 1.45. The number of carbonyl (C=O) groups is 1. The van der Waals surface area contributed by atoms with E-state index >= 15 is 0 Å². The van der Waals surface area contributed by atoms with Crippen molar-refractivity contribution in [2.24, 2.45) is 0 Å². The van der Waals surface area contributed by atoms with Crippen LogP contribution in [0.3, 0.4) is 0 Å². The Balaban J connectivity index is 2.38. The number of halogens is 1. The summed E-state index contributed by atoms with van der Waals surface area (Å²) in [6.07, 6.45) is 4.15. The Bertz CT molecular complexity index is 599. The fourth-order valence-corrected chi connectivity index (χ4v) is 1.65. The van der Waals surface area contributed by atoms with Crippen molar-refractivity contribution in [2.45, 2.75) is 6.92 Å². The standard InChI is InChI=1S/C11H11ClN4O3/c1-3-19-11(17)7-4-15-16(5-7)10-8(18-2)9(12)13-6-14-10/h4-6H,3H2,1-2H3. The van der Waals surface area contributed by atoms with E-state index in [0.717, 1.165) is 0 Å².